The lowest BCUT2D eigenvalue weighted by molar-refractivity contribution is 0.0549. The van der Waals surface area contributed by atoms with Crippen LogP contribution in [0.5, 0.6) is 0 Å². The van der Waals surface area contributed by atoms with E-state index in [1.54, 1.807) is 0 Å². The third-order valence-electron chi connectivity index (χ3n) is 6.08. The molecule has 8 heteroatoms. The summed E-state index contributed by atoms with van der Waals surface area (Å²) in [6, 6.07) is 0. The fraction of sp³-hybridized carbons (Fsp3) is 0.958. The largest absolute Gasteiger partial charge is 0.524 e. The number of carbonyl (C=O) groups is 1. The molecule has 1 amide bonds. The van der Waals surface area contributed by atoms with Gasteiger partial charge in [0.05, 0.1) is 25.7 Å². The van der Waals surface area contributed by atoms with Gasteiger partial charge in [0.15, 0.2) is 0 Å². The van der Waals surface area contributed by atoms with E-state index < -0.39 is 16.1 Å². The molecule has 0 aromatic heterocycles. The van der Waals surface area contributed by atoms with Crippen molar-refractivity contribution in [3.05, 3.63) is 0 Å². The second kappa shape index (κ2) is 18.2. The molecule has 2 unspecified atom stereocenters. The van der Waals surface area contributed by atoms with Gasteiger partial charge in [0.1, 0.15) is 5.67 Å². The van der Waals surface area contributed by atoms with Crippen molar-refractivity contribution in [3.63, 3.8) is 0 Å². The molecule has 0 saturated carbocycles. The molecule has 0 aliphatic rings. The maximum Gasteiger partial charge on any atom is 0.524 e. The number of alkyl carbamates (subject to hydrolysis) is 1. The van der Waals surface area contributed by atoms with E-state index in [0.29, 0.717) is 26.2 Å². The molecule has 6 nitrogen and oxygen atoms in total. The van der Waals surface area contributed by atoms with Crippen LogP contribution >= 0.6 is 7.26 Å². The first-order valence-electron chi connectivity index (χ1n) is 13.1. The van der Waals surface area contributed by atoms with Crippen molar-refractivity contribution in [2.75, 3.05) is 38.3 Å². The van der Waals surface area contributed by atoms with Crippen LogP contribution in [0.15, 0.2) is 0 Å². The van der Waals surface area contributed by atoms with Crippen LogP contribution in [-0.4, -0.2) is 64.7 Å². The maximum atomic E-state index is 13.1. The number of hydrogen-bond donors (Lipinski definition) is 1. The van der Waals surface area contributed by atoms with Gasteiger partial charge in [-0.05, 0) is 46.5 Å². The number of hydrogen-bond acceptors (Lipinski definition) is 5. The van der Waals surface area contributed by atoms with Crippen molar-refractivity contribution in [2.24, 2.45) is 0 Å². The van der Waals surface area contributed by atoms with Crippen LogP contribution in [0.4, 0.5) is 4.79 Å². The lowest BCUT2D eigenvalue weighted by atomic mass is 10.4. The Kier molecular flexibility index (Phi) is 18.1. The fourth-order valence-corrected chi connectivity index (χ4v) is 12.0. The summed E-state index contributed by atoms with van der Waals surface area (Å²) in [7, 11) is -4.44. The average molecular weight is 495 g/mol. The molecule has 0 saturated heterocycles. The van der Waals surface area contributed by atoms with Crippen molar-refractivity contribution in [1.29, 1.82) is 0 Å². The van der Waals surface area contributed by atoms with Gasteiger partial charge in [-0.1, -0.05) is 47.0 Å². The number of rotatable bonds is 20. The predicted octanol–water partition coefficient (Wildman–Crippen LogP) is 6.84. The van der Waals surface area contributed by atoms with E-state index in [9.17, 15) is 4.79 Å². The second-order valence-corrected chi connectivity index (χ2v) is 15.7. The van der Waals surface area contributed by atoms with Gasteiger partial charge in [0, 0.05) is 26.7 Å². The lowest BCUT2D eigenvalue weighted by Gasteiger charge is -2.36. The van der Waals surface area contributed by atoms with Gasteiger partial charge in [0.25, 0.3) is 0 Å². The van der Waals surface area contributed by atoms with Crippen molar-refractivity contribution < 1.29 is 22.8 Å². The van der Waals surface area contributed by atoms with E-state index in [1.165, 1.54) is 57.0 Å². The number of carbonyl (C=O) groups excluding carboxylic acids is 1. The molecule has 0 heterocycles. The predicted molar refractivity (Wildman–Crippen MR) is 140 cm³/mol. The monoisotopic (exact) mass is 494 g/mol. The van der Waals surface area contributed by atoms with Crippen molar-refractivity contribution in [1.82, 2.24) is 5.32 Å². The summed E-state index contributed by atoms with van der Waals surface area (Å²) < 4.78 is 24.2. The molecule has 0 aromatic rings. The van der Waals surface area contributed by atoms with E-state index in [1.807, 2.05) is 27.7 Å². The Balaban J connectivity index is 5.56. The molecule has 0 spiro atoms. The number of amides is 1. The van der Waals surface area contributed by atoms with Crippen LogP contribution in [0.1, 0.15) is 100 Å². The molecule has 2 atom stereocenters. The SMILES string of the molecule is CCCC[P+](CCCC)(CCCC)C(C)OC(=O)NC(CC)[Si](OCC)(OCC)OCC. The Hall–Kier alpha value is -0.203. The lowest BCUT2D eigenvalue weighted by Crippen LogP contribution is -2.63. The Morgan fingerprint density at radius 3 is 1.50 bits per heavy atom. The third kappa shape index (κ3) is 10.4. The molecular formula is C24H53NO5PSi+. The Bertz CT molecular complexity index is 445. The first-order chi connectivity index (χ1) is 15.3. The molecule has 0 aliphatic carbocycles. The summed E-state index contributed by atoms with van der Waals surface area (Å²) in [5, 5.41) is 3.08. The summed E-state index contributed by atoms with van der Waals surface area (Å²) >= 11 is 0. The standard InChI is InChI=1S/C24H52NO5PSi/c1-9-16-19-31(20-17-10-2,21-18-11-3)22(8)30-24(26)25-23(12-4)32(27-13-5,28-14-6)29-15-7/h22-23H,9-21H2,1-8H3/p+1. The number of nitrogens with one attached hydrogen (secondary N) is 1. The highest BCUT2D eigenvalue weighted by atomic mass is 31.2. The maximum absolute atomic E-state index is 13.1. The molecule has 32 heavy (non-hydrogen) atoms. The minimum atomic E-state index is -3.05. The summed E-state index contributed by atoms with van der Waals surface area (Å²) in [5.74, 6) is -0.0352. The molecule has 0 aliphatic heterocycles. The molecule has 1 N–H and O–H groups in total. The quantitative estimate of drug-likeness (QED) is 0.148. The van der Waals surface area contributed by atoms with E-state index in [0.717, 1.165) is 0 Å². The molecule has 192 valence electrons. The normalized spacial score (nSPS) is 14.2. The topological polar surface area (TPSA) is 66.0 Å². The fourth-order valence-electron chi connectivity index (χ4n) is 4.21. The van der Waals surface area contributed by atoms with Crippen molar-refractivity contribution >= 4 is 22.2 Å². The van der Waals surface area contributed by atoms with Crippen molar-refractivity contribution in [3.8, 4) is 0 Å². The minimum Gasteiger partial charge on any atom is -0.412 e. The van der Waals surface area contributed by atoms with Crippen LogP contribution in [-0.2, 0) is 18.0 Å². The highest BCUT2D eigenvalue weighted by molar-refractivity contribution is 7.76. The highest BCUT2D eigenvalue weighted by Gasteiger charge is 2.50. The van der Waals surface area contributed by atoms with Gasteiger partial charge in [-0.15, -0.1) is 0 Å². The molecule has 0 radical (unpaired) electrons. The average Bonchev–Trinajstić information content (AvgIpc) is 2.77. The van der Waals surface area contributed by atoms with E-state index >= 15 is 0 Å². The molecule has 0 aromatic carbocycles. The molecular weight excluding hydrogens is 441 g/mol. The molecule has 0 rings (SSSR count). The number of ether oxygens (including phenoxy) is 1. The van der Waals surface area contributed by atoms with Gasteiger partial charge in [-0.25, -0.2) is 4.79 Å². The van der Waals surface area contributed by atoms with E-state index in [4.69, 9.17) is 18.0 Å². The first-order valence-corrected chi connectivity index (χ1v) is 17.3. The first kappa shape index (κ1) is 31.8. The molecule has 0 bridgehead atoms. The Morgan fingerprint density at radius 1 is 0.781 bits per heavy atom. The van der Waals surface area contributed by atoms with Crippen molar-refractivity contribution in [2.45, 2.75) is 112 Å². The van der Waals surface area contributed by atoms with E-state index in [2.05, 4.69) is 33.0 Å². The summed E-state index contributed by atoms with van der Waals surface area (Å²) in [6.45, 7) is 18.1. The smallest absolute Gasteiger partial charge is 0.412 e. The number of unbranched alkanes of at least 4 members (excludes halogenated alkanes) is 3. The summed E-state index contributed by atoms with van der Waals surface area (Å²) in [5.41, 5.74) is -0.322. The van der Waals surface area contributed by atoms with Gasteiger partial charge < -0.3 is 23.3 Å². The molecule has 0 fully saturated rings. The third-order valence-corrected chi connectivity index (χ3v) is 14.8. The van der Waals surface area contributed by atoms with Gasteiger partial charge in [-0.2, -0.15) is 0 Å². The Labute approximate surface area is 200 Å². The second-order valence-electron chi connectivity index (χ2n) is 8.46. The zero-order chi connectivity index (χ0) is 24.5. The summed E-state index contributed by atoms with van der Waals surface area (Å²) in [6.07, 6.45) is 11.1. The van der Waals surface area contributed by atoms with Crippen LogP contribution in [0.3, 0.4) is 0 Å². The van der Waals surface area contributed by atoms with Crippen LogP contribution in [0, 0.1) is 0 Å². The summed E-state index contributed by atoms with van der Waals surface area (Å²) in [4.78, 5) is 13.1. The van der Waals surface area contributed by atoms with Crippen LogP contribution in [0.2, 0.25) is 0 Å². The van der Waals surface area contributed by atoms with Gasteiger partial charge in [-0.3, -0.25) is 0 Å². The Morgan fingerprint density at radius 2 is 1.19 bits per heavy atom. The van der Waals surface area contributed by atoms with Gasteiger partial charge in [0.2, 0.25) is 5.85 Å². The minimum absolute atomic E-state index is 0.0352. The zero-order valence-corrected chi connectivity index (χ0v) is 24.2. The highest BCUT2D eigenvalue weighted by Crippen LogP contribution is 2.65. The van der Waals surface area contributed by atoms with Crippen LogP contribution in [0.25, 0.3) is 0 Å². The van der Waals surface area contributed by atoms with Crippen LogP contribution < -0.4 is 5.32 Å². The van der Waals surface area contributed by atoms with E-state index in [-0.39, 0.29) is 17.6 Å². The zero-order valence-electron chi connectivity index (χ0n) is 22.3. The van der Waals surface area contributed by atoms with Gasteiger partial charge >= 0.3 is 14.9 Å².